The Morgan fingerprint density at radius 3 is 2.65 bits per heavy atom. The standard InChI is InChI=1S/C15H16FN3O3S/c16-12-3-1-2-4-14(12)23(21,22)17-9-10-19-15(20)8-7-13(18-19)11-5-6-11/h1-4,7-8,11,17H,5-6,9-10H2. The summed E-state index contributed by atoms with van der Waals surface area (Å²) >= 11 is 0. The third kappa shape index (κ3) is 3.65. The van der Waals surface area contributed by atoms with E-state index < -0.39 is 20.7 Å². The van der Waals surface area contributed by atoms with Crippen molar-refractivity contribution in [3.63, 3.8) is 0 Å². The summed E-state index contributed by atoms with van der Waals surface area (Å²) in [4.78, 5) is 11.3. The van der Waals surface area contributed by atoms with Crippen molar-refractivity contribution in [1.29, 1.82) is 0 Å². The van der Waals surface area contributed by atoms with E-state index in [1.54, 1.807) is 6.07 Å². The first kappa shape index (κ1) is 15.8. The van der Waals surface area contributed by atoms with Gasteiger partial charge in [-0.1, -0.05) is 12.1 Å². The number of sulfonamides is 1. The van der Waals surface area contributed by atoms with E-state index in [0.29, 0.717) is 5.92 Å². The van der Waals surface area contributed by atoms with Gasteiger partial charge in [-0.3, -0.25) is 4.79 Å². The van der Waals surface area contributed by atoms with Gasteiger partial charge >= 0.3 is 0 Å². The van der Waals surface area contributed by atoms with E-state index in [1.165, 1.54) is 28.9 Å². The Morgan fingerprint density at radius 1 is 1.22 bits per heavy atom. The van der Waals surface area contributed by atoms with Gasteiger partial charge in [-0.15, -0.1) is 0 Å². The molecule has 2 aromatic rings. The first-order chi connectivity index (χ1) is 11.0. The minimum absolute atomic E-state index is 0.0440. The fraction of sp³-hybridized carbons (Fsp3) is 0.333. The molecule has 8 heteroatoms. The molecule has 0 bridgehead atoms. The molecule has 1 aromatic heterocycles. The van der Waals surface area contributed by atoms with Crippen LogP contribution in [0.2, 0.25) is 0 Å². The van der Waals surface area contributed by atoms with E-state index in [0.717, 1.165) is 24.6 Å². The largest absolute Gasteiger partial charge is 0.268 e. The van der Waals surface area contributed by atoms with Gasteiger partial charge in [0.1, 0.15) is 10.7 Å². The monoisotopic (exact) mass is 337 g/mol. The van der Waals surface area contributed by atoms with Gasteiger partial charge in [-0.05, 0) is 31.0 Å². The lowest BCUT2D eigenvalue weighted by molar-refractivity contribution is 0.532. The zero-order chi connectivity index (χ0) is 16.4. The fourth-order valence-electron chi connectivity index (χ4n) is 2.25. The molecule has 122 valence electrons. The third-order valence-corrected chi connectivity index (χ3v) is 5.12. The van der Waals surface area contributed by atoms with Crippen LogP contribution in [0.1, 0.15) is 24.5 Å². The van der Waals surface area contributed by atoms with Crippen molar-refractivity contribution < 1.29 is 12.8 Å². The molecule has 1 aliphatic carbocycles. The van der Waals surface area contributed by atoms with E-state index in [2.05, 4.69) is 9.82 Å². The second-order valence-electron chi connectivity index (χ2n) is 5.42. The Kier molecular flexibility index (Phi) is 4.27. The minimum Gasteiger partial charge on any atom is -0.268 e. The van der Waals surface area contributed by atoms with Gasteiger partial charge in [0.05, 0.1) is 12.2 Å². The van der Waals surface area contributed by atoms with Crippen LogP contribution in [0.15, 0.2) is 46.1 Å². The topological polar surface area (TPSA) is 81.1 Å². The van der Waals surface area contributed by atoms with Gasteiger partial charge in [0.25, 0.3) is 5.56 Å². The first-order valence-corrected chi connectivity index (χ1v) is 8.78. The van der Waals surface area contributed by atoms with Crippen molar-refractivity contribution in [2.45, 2.75) is 30.2 Å². The van der Waals surface area contributed by atoms with Gasteiger partial charge in [0.2, 0.25) is 10.0 Å². The van der Waals surface area contributed by atoms with Crippen molar-refractivity contribution in [2.75, 3.05) is 6.54 Å². The smallest absolute Gasteiger partial charge is 0.266 e. The van der Waals surface area contributed by atoms with Crippen molar-refractivity contribution in [3.05, 3.63) is 58.3 Å². The van der Waals surface area contributed by atoms with Crippen molar-refractivity contribution >= 4 is 10.0 Å². The summed E-state index contributed by atoms with van der Waals surface area (Å²) in [5, 5.41) is 4.24. The molecular formula is C15H16FN3O3S. The number of hydrogen-bond acceptors (Lipinski definition) is 4. The van der Waals surface area contributed by atoms with E-state index >= 15 is 0 Å². The summed E-state index contributed by atoms with van der Waals surface area (Å²) in [7, 11) is -3.96. The third-order valence-electron chi connectivity index (χ3n) is 3.62. The highest BCUT2D eigenvalue weighted by atomic mass is 32.2. The Balaban J connectivity index is 1.69. The van der Waals surface area contributed by atoms with Crippen LogP contribution in [0.4, 0.5) is 4.39 Å². The summed E-state index contributed by atoms with van der Waals surface area (Å²) in [6.45, 7) is 0.0464. The number of aromatic nitrogens is 2. The summed E-state index contributed by atoms with van der Waals surface area (Å²) in [5.74, 6) is -0.414. The number of nitrogens with zero attached hydrogens (tertiary/aromatic N) is 2. The van der Waals surface area contributed by atoms with Crippen LogP contribution >= 0.6 is 0 Å². The molecule has 0 atom stereocenters. The highest BCUT2D eigenvalue weighted by Gasteiger charge is 2.25. The molecule has 1 aliphatic rings. The van der Waals surface area contributed by atoms with Gasteiger partial charge < -0.3 is 0 Å². The number of halogens is 1. The Morgan fingerprint density at radius 2 is 1.96 bits per heavy atom. The Bertz CT molecular complexity index is 876. The first-order valence-electron chi connectivity index (χ1n) is 7.29. The summed E-state index contributed by atoms with van der Waals surface area (Å²) < 4.78 is 41.2. The van der Waals surface area contributed by atoms with Crippen LogP contribution in [-0.4, -0.2) is 24.7 Å². The van der Waals surface area contributed by atoms with Crippen LogP contribution < -0.4 is 10.3 Å². The maximum absolute atomic E-state index is 13.6. The maximum Gasteiger partial charge on any atom is 0.266 e. The minimum atomic E-state index is -3.96. The van der Waals surface area contributed by atoms with E-state index in [-0.39, 0.29) is 18.6 Å². The number of nitrogens with one attached hydrogen (secondary N) is 1. The molecule has 3 rings (SSSR count). The second-order valence-corrected chi connectivity index (χ2v) is 7.16. The molecular weight excluding hydrogens is 321 g/mol. The number of hydrogen-bond donors (Lipinski definition) is 1. The molecule has 0 aliphatic heterocycles. The molecule has 6 nitrogen and oxygen atoms in total. The fourth-order valence-corrected chi connectivity index (χ4v) is 3.35. The average Bonchev–Trinajstić information content (AvgIpc) is 3.34. The molecule has 0 saturated heterocycles. The van der Waals surface area contributed by atoms with Crippen LogP contribution in [-0.2, 0) is 16.6 Å². The lowest BCUT2D eigenvalue weighted by Crippen LogP contribution is -2.32. The predicted molar refractivity (Wildman–Crippen MR) is 82.1 cm³/mol. The quantitative estimate of drug-likeness (QED) is 0.860. The molecule has 0 unspecified atom stereocenters. The molecule has 23 heavy (non-hydrogen) atoms. The van der Waals surface area contributed by atoms with Gasteiger partial charge in [-0.25, -0.2) is 22.2 Å². The van der Waals surface area contributed by atoms with Crippen LogP contribution in [0.25, 0.3) is 0 Å². The lowest BCUT2D eigenvalue weighted by Gasteiger charge is -2.09. The van der Waals surface area contributed by atoms with Gasteiger partial charge in [0, 0.05) is 18.5 Å². The van der Waals surface area contributed by atoms with Crippen LogP contribution in [0.5, 0.6) is 0 Å². The molecule has 0 amide bonds. The number of benzene rings is 1. The molecule has 1 fully saturated rings. The van der Waals surface area contributed by atoms with Crippen molar-refractivity contribution in [2.24, 2.45) is 0 Å². The summed E-state index contributed by atoms with van der Waals surface area (Å²) in [6.07, 6.45) is 2.12. The molecule has 1 saturated carbocycles. The van der Waals surface area contributed by atoms with Crippen molar-refractivity contribution in [1.82, 2.24) is 14.5 Å². The summed E-state index contributed by atoms with van der Waals surface area (Å²) in [6, 6.07) is 8.28. The number of rotatable bonds is 6. The molecule has 1 N–H and O–H groups in total. The van der Waals surface area contributed by atoms with Gasteiger partial charge in [0.15, 0.2) is 0 Å². The normalized spacial score (nSPS) is 14.8. The van der Waals surface area contributed by atoms with E-state index in [9.17, 15) is 17.6 Å². The SMILES string of the molecule is O=c1ccc(C2CC2)nn1CCNS(=O)(=O)c1ccccc1F. The Labute approximate surface area is 133 Å². The molecule has 0 spiro atoms. The molecule has 1 heterocycles. The predicted octanol–water partition coefficient (Wildman–Crippen LogP) is 1.24. The Hall–Kier alpha value is -2.06. The van der Waals surface area contributed by atoms with Crippen LogP contribution in [0, 0.1) is 5.82 Å². The summed E-state index contributed by atoms with van der Waals surface area (Å²) in [5.41, 5.74) is 0.557. The molecule has 0 radical (unpaired) electrons. The highest BCUT2D eigenvalue weighted by molar-refractivity contribution is 7.89. The van der Waals surface area contributed by atoms with Gasteiger partial charge in [-0.2, -0.15) is 5.10 Å². The van der Waals surface area contributed by atoms with Crippen molar-refractivity contribution in [3.8, 4) is 0 Å². The second kappa shape index (κ2) is 6.21. The average molecular weight is 337 g/mol. The lowest BCUT2D eigenvalue weighted by atomic mass is 10.3. The van der Waals surface area contributed by atoms with Crippen LogP contribution in [0.3, 0.4) is 0 Å². The zero-order valence-corrected chi connectivity index (χ0v) is 13.1. The van der Waals surface area contributed by atoms with E-state index in [4.69, 9.17) is 0 Å². The highest BCUT2D eigenvalue weighted by Crippen LogP contribution is 2.38. The molecule has 1 aromatic carbocycles. The maximum atomic E-state index is 13.6. The zero-order valence-electron chi connectivity index (χ0n) is 12.3. The van der Waals surface area contributed by atoms with E-state index in [1.807, 2.05) is 0 Å².